The average Bonchev–Trinajstić information content (AvgIpc) is 3.29. The van der Waals surface area contributed by atoms with E-state index >= 15 is 0 Å². The summed E-state index contributed by atoms with van der Waals surface area (Å²) in [6.07, 6.45) is 0. The standard InChI is InChI=1S/C26H27N5O3S/c1-18-6-5-8-20(14-18)25-28-31-23(32)15-21(27-26(31)35-25)16-29-10-12-30(13-11-29)24(33)17-34-22-9-4-3-7-19(22)2/h3-9,14-15H,10-13,16-17H2,1-2H3. The summed E-state index contributed by atoms with van der Waals surface area (Å²) in [4.78, 5) is 34.6. The monoisotopic (exact) mass is 489 g/mol. The van der Waals surface area contributed by atoms with Crippen LogP contribution >= 0.6 is 11.3 Å². The minimum atomic E-state index is -0.178. The largest absolute Gasteiger partial charge is 0.484 e. The van der Waals surface area contributed by atoms with Gasteiger partial charge in [0.2, 0.25) is 4.96 Å². The number of aromatic nitrogens is 3. The third-order valence-electron chi connectivity index (χ3n) is 6.12. The molecule has 5 rings (SSSR count). The first-order chi connectivity index (χ1) is 17.0. The molecule has 2 aromatic heterocycles. The van der Waals surface area contributed by atoms with Crippen LogP contribution in [0.15, 0.2) is 59.4 Å². The molecule has 0 N–H and O–H groups in total. The van der Waals surface area contributed by atoms with E-state index in [1.54, 1.807) is 6.07 Å². The fourth-order valence-electron chi connectivity index (χ4n) is 4.17. The molecule has 180 valence electrons. The molecule has 0 saturated carbocycles. The average molecular weight is 490 g/mol. The smallest absolute Gasteiger partial charge is 0.275 e. The van der Waals surface area contributed by atoms with E-state index in [9.17, 15) is 9.59 Å². The lowest BCUT2D eigenvalue weighted by Crippen LogP contribution is -2.49. The number of ether oxygens (including phenoxy) is 1. The fraction of sp³-hybridized carbons (Fsp3) is 0.308. The van der Waals surface area contributed by atoms with Crippen LogP contribution in [-0.2, 0) is 11.3 Å². The number of carbonyl (C=O) groups is 1. The minimum Gasteiger partial charge on any atom is -0.484 e. The van der Waals surface area contributed by atoms with E-state index in [-0.39, 0.29) is 18.1 Å². The normalized spacial score (nSPS) is 14.4. The van der Waals surface area contributed by atoms with Crippen LogP contribution in [0.4, 0.5) is 0 Å². The van der Waals surface area contributed by atoms with Crippen molar-refractivity contribution in [2.24, 2.45) is 0 Å². The van der Waals surface area contributed by atoms with Gasteiger partial charge in [0.15, 0.2) is 6.61 Å². The summed E-state index contributed by atoms with van der Waals surface area (Å²) < 4.78 is 7.08. The molecule has 3 heterocycles. The van der Waals surface area contributed by atoms with Gasteiger partial charge in [-0.3, -0.25) is 14.5 Å². The Morgan fingerprint density at radius 1 is 1.03 bits per heavy atom. The maximum atomic E-state index is 12.7. The van der Waals surface area contributed by atoms with Crippen LogP contribution in [0, 0.1) is 13.8 Å². The topological polar surface area (TPSA) is 80.0 Å². The molecule has 1 fully saturated rings. The summed E-state index contributed by atoms with van der Waals surface area (Å²) in [6, 6.07) is 17.3. The summed E-state index contributed by atoms with van der Waals surface area (Å²) in [5.41, 5.74) is 3.67. The molecule has 1 amide bonds. The molecule has 8 nitrogen and oxygen atoms in total. The van der Waals surface area contributed by atoms with Gasteiger partial charge < -0.3 is 9.64 Å². The Morgan fingerprint density at radius 3 is 2.60 bits per heavy atom. The number of hydrogen-bond donors (Lipinski definition) is 0. The number of nitrogens with zero attached hydrogens (tertiary/aromatic N) is 5. The highest BCUT2D eigenvalue weighted by molar-refractivity contribution is 7.19. The highest BCUT2D eigenvalue weighted by atomic mass is 32.1. The van der Waals surface area contributed by atoms with Crippen LogP contribution in [-0.4, -0.2) is 63.1 Å². The summed E-state index contributed by atoms with van der Waals surface area (Å²) in [6.45, 7) is 7.27. The molecule has 9 heteroatoms. The summed E-state index contributed by atoms with van der Waals surface area (Å²) in [7, 11) is 0. The van der Waals surface area contributed by atoms with Gasteiger partial charge in [-0.15, -0.1) is 0 Å². The van der Waals surface area contributed by atoms with E-state index in [0.717, 1.165) is 33.1 Å². The van der Waals surface area contributed by atoms with Crippen LogP contribution in [0.1, 0.15) is 16.8 Å². The predicted molar refractivity (Wildman–Crippen MR) is 136 cm³/mol. The number of rotatable bonds is 6. The zero-order chi connectivity index (χ0) is 24.4. The van der Waals surface area contributed by atoms with Crippen LogP contribution in [0.2, 0.25) is 0 Å². The SMILES string of the molecule is Cc1cccc(-c2nn3c(=O)cc(CN4CCN(C(=O)COc5ccccc5C)CC4)nc3s2)c1. The van der Waals surface area contributed by atoms with Crippen molar-refractivity contribution in [3.63, 3.8) is 0 Å². The Bertz CT molecular complexity index is 1420. The molecule has 0 unspecified atom stereocenters. The molecule has 0 aliphatic carbocycles. The van der Waals surface area contributed by atoms with Crippen LogP contribution in [0.5, 0.6) is 5.75 Å². The van der Waals surface area contributed by atoms with Gasteiger partial charge in [-0.1, -0.05) is 53.3 Å². The lowest BCUT2D eigenvalue weighted by Gasteiger charge is -2.34. The molecule has 0 spiro atoms. The molecular weight excluding hydrogens is 462 g/mol. The Morgan fingerprint density at radius 2 is 1.83 bits per heavy atom. The number of hydrogen-bond acceptors (Lipinski definition) is 7. The van der Waals surface area contributed by atoms with Gasteiger partial charge in [0.1, 0.15) is 10.8 Å². The van der Waals surface area contributed by atoms with Gasteiger partial charge in [-0.25, -0.2) is 4.98 Å². The van der Waals surface area contributed by atoms with Crippen molar-refractivity contribution in [2.45, 2.75) is 20.4 Å². The van der Waals surface area contributed by atoms with E-state index in [4.69, 9.17) is 9.72 Å². The van der Waals surface area contributed by atoms with Gasteiger partial charge in [0.05, 0.1) is 5.69 Å². The van der Waals surface area contributed by atoms with Gasteiger partial charge >= 0.3 is 0 Å². The van der Waals surface area contributed by atoms with Crippen molar-refractivity contribution >= 4 is 22.2 Å². The van der Waals surface area contributed by atoms with Crippen molar-refractivity contribution in [1.82, 2.24) is 24.4 Å². The molecule has 2 aromatic carbocycles. The number of fused-ring (bicyclic) bond motifs is 1. The molecule has 35 heavy (non-hydrogen) atoms. The highest BCUT2D eigenvalue weighted by Crippen LogP contribution is 2.25. The van der Waals surface area contributed by atoms with Gasteiger partial charge in [-0.05, 0) is 31.5 Å². The second-order valence-corrected chi connectivity index (χ2v) is 9.72. The molecule has 4 aromatic rings. The maximum absolute atomic E-state index is 12.7. The van der Waals surface area contributed by atoms with Crippen molar-refractivity contribution in [3.05, 3.63) is 81.8 Å². The molecular formula is C26H27N5O3S. The number of piperazine rings is 1. The predicted octanol–water partition coefficient (Wildman–Crippen LogP) is 3.16. The van der Waals surface area contributed by atoms with E-state index < -0.39 is 0 Å². The molecule has 1 aliphatic rings. The number of aryl methyl sites for hydroxylation is 2. The summed E-state index contributed by atoms with van der Waals surface area (Å²) >= 11 is 1.41. The number of carbonyl (C=O) groups excluding carboxylic acids is 1. The molecule has 1 aliphatic heterocycles. The van der Waals surface area contributed by atoms with Crippen LogP contribution in [0.25, 0.3) is 15.5 Å². The second kappa shape index (κ2) is 9.97. The first kappa shape index (κ1) is 23.2. The molecule has 0 atom stereocenters. The van der Waals surface area contributed by atoms with E-state index in [1.165, 1.54) is 15.9 Å². The quantitative estimate of drug-likeness (QED) is 0.414. The van der Waals surface area contributed by atoms with Crippen molar-refractivity contribution in [3.8, 4) is 16.3 Å². The Hall–Kier alpha value is -3.56. The van der Waals surface area contributed by atoms with Crippen LogP contribution < -0.4 is 10.3 Å². The Labute approximate surface area is 207 Å². The first-order valence-electron chi connectivity index (χ1n) is 11.6. The van der Waals surface area contributed by atoms with E-state index in [1.807, 2.05) is 61.2 Å². The third kappa shape index (κ3) is 5.26. The summed E-state index contributed by atoms with van der Waals surface area (Å²) in [5, 5.41) is 5.25. The van der Waals surface area contributed by atoms with Gasteiger partial charge in [0, 0.05) is 44.4 Å². The second-order valence-electron chi connectivity index (χ2n) is 8.77. The fourth-order valence-corrected chi connectivity index (χ4v) is 5.09. The number of benzene rings is 2. The van der Waals surface area contributed by atoms with E-state index in [2.05, 4.69) is 16.1 Å². The zero-order valence-electron chi connectivity index (χ0n) is 19.8. The van der Waals surface area contributed by atoms with Crippen molar-refractivity contribution < 1.29 is 9.53 Å². The van der Waals surface area contributed by atoms with Gasteiger partial charge in [0.25, 0.3) is 11.5 Å². The van der Waals surface area contributed by atoms with Gasteiger partial charge in [-0.2, -0.15) is 9.61 Å². The maximum Gasteiger partial charge on any atom is 0.275 e. The van der Waals surface area contributed by atoms with Crippen LogP contribution in [0.3, 0.4) is 0 Å². The van der Waals surface area contributed by atoms with E-state index in [0.29, 0.717) is 37.7 Å². The third-order valence-corrected chi connectivity index (χ3v) is 7.08. The number of para-hydroxylation sites is 1. The zero-order valence-corrected chi connectivity index (χ0v) is 20.6. The molecule has 1 saturated heterocycles. The minimum absolute atomic E-state index is 0.0148. The highest BCUT2D eigenvalue weighted by Gasteiger charge is 2.22. The first-order valence-corrected chi connectivity index (χ1v) is 12.4. The van der Waals surface area contributed by atoms with Crippen molar-refractivity contribution in [2.75, 3.05) is 32.8 Å². The lowest BCUT2D eigenvalue weighted by atomic mass is 10.1. The summed E-state index contributed by atoms with van der Waals surface area (Å²) in [5.74, 6) is 0.722. The lowest BCUT2D eigenvalue weighted by molar-refractivity contribution is -0.135. The van der Waals surface area contributed by atoms with Crippen molar-refractivity contribution in [1.29, 1.82) is 0 Å². The Kier molecular flexibility index (Phi) is 6.61. The molecule has 0 bridgehead atoms. The number of amides is 1. The Balaban J connectivity index is 1.20. The molecule has 0 radical (unpaired) electrons.